The predicted octanol–water partition coefficient (Wildman–Crippen LogP) is 3.12. The van der Waals surface area contributed by atoms with Gasteiger partial charge in [0.15, 0.2) is 11.5 Å². The SMILES string of the molecule is COc1cc(C(C)Nc2nc3ccccc3[nH]2)ccc1OCCO. The standard InChI is InChI=1S/C18H21N3O3/c1-12(19-18-20-14-5-3-4-6-15(14)21-18)13-7-8-16(24-10-9-22)17(11-13)23-2/h3-8,11-12,22H,9-10H2,1-2H3,(H2,19,20,21). The summed E-state index contributed by atoms with van der Waals surface area (Å²) < 4.78 is 10.8. The van der Waals surface area contributed by atoms with E-state index in [9.17, 15) is 0 Å². The van der Waals surface area contributed by atoms with E-state index in [1.54, 1.807) is 7.11 Å². The van der Waals surface area contributed by atoms with Crippen LogP contribution in [0, 0.1) is 0 Å². The first-order valence-electron chi connectivity index (χ1n) is 7.84. The number of para-hydroxylation sites is 2. The van der Waals surface area contributed by atoms with E-state index in [1.165, 1.54) is 0 Å². The molecule has 0 saturated carbocycles. The Balaban J connectivity index is 1.77. The van der Waals surface area contributed by atoms with E-state index in [4.69, 9.17) is 14.6 Å². The number of aliphatic hydroxyl groups is 1. The van der Waals surface area contributed by atoms with Gasteiger partial charge in [-0.2, -0.15) is 0 Å². The maximum atomic E-state index is 8.87. The number of hydrogen-bond donors (Lipinski definition) is 3. The van der Waals surface area contributed by atoms with Crippen LogP contribution in [0.4, 0.5) is 5.95 Å². The molecule has 1 unspecified atom stereocenters. The van der Waals surface area contributed by atoms with Gasteiger partial charge in [0.05, 0.1) is 30.8 Å². The Morgan fingerprint density at radius 1 is 1.21 bits per heavy atom. The van der Waals surface area contributed by atoms with Crippen LogP contribution in [-0.2, 0) is 0 Å². The van der Waals surface area contributed by atoms with Crippen LogP contribution in [0.5, 0.6) is 11.5 Å². The highest BCUT2D eigenvalue weighted by Crippen LogP contribution is 2.31. The minimum Gasteiger partial charge on any atom is -0.493 e. The summed E-state index contributed by atoms with van der Waals surface area (Å²) in [5, 5.41) is 12.2. The number of fused-ring (bicyclic) bond motifs is 1. The van der Waals surface area contributed by atoms with Gasteiger partial charge in [0.25, 0.3) is 0 Å². The molecule has 0 saturated heterocycles. The zero-order chi connectivity index (χ0) is 16.9. The molecule has 0 aliphatic rings. The maximum Gasteiger partial charge on any atom is 0.201 e. The molecule has 0 aliphatic carbocycles. The van der Waals surface area contributed by atoms with Crippen molar-refractivity contribution in [3.63, 3.8) is 0 Å². The van der Waals surface area contributed by atoms with E-state index in [2.05, 4.69) is 22.2 Å². The van der Waals surface area contributed by atoms with Crippen LogP contribution in [0.25, 0.3) is 11.0 Å². The van der Waals surface area contributed by atoms with Crippen molar-refractivity contribution in [3.05, 3.63) is 48.0 Å². The lowest BCUT2D eigenvalue weighted by molar-refractivity contribution is 0.196. The third-order valence-electron chi connectivity index (χ3n) is 3.78. The fourth-order valence-electron chi connectivity index (χ4n) is 2.54. The van der Waals surface area contributed by atoms with Gasteiger partial charge >= 0.3 is 0 Å². The fraction of sp³-hybridized carbons (Fsp3) is 0.278. The highest BCUT2D eigenvalue weighted by molar-refractivity contribution is 5.77. The minimum atomic E-state index is -0.0328. The second-order valence-electron chi connectivity index (χ2n) is 5.45. The van der Waals surface area contributed by atoms with Crippen LogP contribution in [-0.4, -0.2) is 35.4 Å². The topological polar surface area (TPSA) is 79.4 Å². The number of methoxy groups -OCH3 is 1. The van der Waals surface area contributed by atoms with Gasteiger partial charge in [0, 0.05) is 0 Å². The second kappa shape index (κ2) is 7.23. The van der Waals surface area contributed by atoms with E-state index in [1.807, 2.05) is 42.5 Å². The summed E-state index contributed by atoms with van der Waals surface area (Å²) in [7, 11) is 1.60. The number of aliphatic hydroxyl groups excluding tert-OH is 1. The fourth-order valence-corrected chi connectivity index (χ4v) is 2.54. The molecule has 3 rings (SSSR count). The Labute approximate surface area is 140 Å². The molecule has 3 N–H and O–H groups in total. The maximum absolute atomic E-state index is 8.87. The average Bonchev–Trinajstić information content (AvgIpc) is 3.01. The molecule has 0 aliphatic heterocycles. The van der Waals surface area contributed by atoms with E-state index >= 15 is 0 Å². The number of nitrogens with zero attached hydrogens (tertiary/aromatic N) is 1. The zero-order valence-electron chi connectivity index (χ0n) is 13.7. The first-order valence-corrected chi connectivity index (χ1v) is 7.84. The summed E-state index contributed by atoms with van der Waals surface area (Å²) in [4.78, 5) is 7.79. The van der Waals surface area contributed by atoms with Crippen LogP contribution >= 0.6 is 0 Å². The van der Waals surface area contributed by atoms with Gasteiger partial charge in [0.1, 0.15) is 6.61 Å². The molecule has 0 radical (unpaired) electrons. The molecule has 24 heavy (non-hydrogen) atoms. The third-order valence-corrected chi connectivity index (χ3v) is 3.78. The molecule has 0 fully saturated rings. The van der Waals surface area contributed by atoms with Crippen LogP contribution < -0.4 is 14.8 Å². The van der Waals surface area contributed by atoms with E-state index in [0.717, 1.165) is 22.5 Å². The van der Waals surface area contributed by atoms with Crippen molar-refractivity contribution >= 4 is 17.0 Å². The van der Waals surface area contributed by atoms with E-state index in [0.29, 0.717) is 11.5 Å². The number of aromatic amines is 1. The normalized spacial score (nSPS) is 12.1. The smallest absolute Gasteiger partial charge is 0.201 e. The lowest BCUT2D eigenvalue weighted by Gasteiger charge is -2.16. The van der Waals surface area contributed by atoms with Gasteiger partial charge < -0.3 is 24.9 Å². The molecule has 1 atom stereocenters. The zero-order valence-corrected chi connectivity index (χ0v) is 13.7. The number of benzene rings is 2. The molecular weight excluding hydrogens is 306 g/mol. The van der Waals surface area contributed by atoms with Crippen LogP contribution in [0.1, 0.15) is 18.5 Å². The molecule has 6 heteroatoms. The molecular formula is C18H21N3O3. The van der Waals surface area contributed by atoms with Crippen molar-refractivity contribution in [3.8, 4) is 11.5 Å². The second-order valence-corrected chi connectivity index (χ2v) is 5.45. The minimum absolute atomic E-state index is 0.0328. The lowest BCUT2D eigenvalue weighted by Crippen LogP contribution is -2.09. The van der Waals surface area contributed by atoms with Gasteiger partial charge in [-0.05, 0) is 36.8 Å². The Morgan fingerprint density at radius 3 is 2.79 bits per heavy atom. The summed E-state index contributed by atoms with van der Waals surface area (Å²) in [6.07, 6.45) is 0. The summed E-state index contributed by atoms with van der Waals surface area (Å²) in [6, 6.07) is 13.7. The Kier molecular flexibility index (Phi) is 4.86. The number of aromatic nitrogens is 2. The van der Waals surface area contributed by atoms with Crippen molar-refractivity contribution < 1.29 is 14.6 Å². The first-order chi connectivity index (χ1) is 11.7. The van der Waals surface area contributed by atoms with Gasteiger partial charge in [-0.1, -0.05) is 18.2 Å². The van der Waals surface area contributed by atoms with Crippen molar-refractivity contribution in [1.29, 1.82) is 0 Å². The number of anilines is 1. The molecule has 6 nitrogen and oxygen atoms in total. The highest BCUT2D eigenvalue weighted by Gasteiger charge is 2.12. The van der Waals surface area contributed by atoms with Crippen molar-refractivity contribution in [2.75, 3.05) is 25.6 Å². The number of hydrogen-bond acceptors (Lipinski definition) is 5. The summed E-state index contributed by atoms with van der Waals surface area (Å²) in [5.74, 6) is 1.98. The molecule has 126 valence electrons. The number of ether oxygens (including phenoxy) is 2. The van der Waals surface area contributed by atoms with E-state index < -0.39 is 0 Å². The summed E-state index contributed by atoms with van der Waals surface area (Å²) >= 11 is 0. The van der Waals surface area contributed by atoms with Gasteiger partial charge in [-0.15, -0.1) is 0 Å². The lowest BCUT2D eigenvalue weighted by atomic mass is 10.1. The van der Waals surface area contributed by atoms with Gasteiger partial charge in [-0.3, -0.25) is 0 Å². The van der Waals surface area contributed by atoms with E-state index in [-0.39, 0.29) is 19.3 Å². The summed E-state index contributed by atoms with van der Waals surface area (Å²) in [5.41, 5.74) is 2.97. The quantitative estimate of drug-likeness (QED) is 0.621. The van der Waals surface area contributed by atoms with Gasteiger partial charge in [0.2, 0.25) is 5.95 Å². The molecule has 0 bridgehead atoms. The third kappa shape index (κ3) is 3.44. The molecule has 2 aromatic carbocycles. The van der Waals surface area contributed by atoms with Crippen molar-refractivity contribution in [2.24, 2.45) is 0 Å². The van der Waals surface area contributed by atoms with Crippen molar-refractivity contribution in [1.82, 2.24) is 9.97 Å². The number of imidazole rings is 1. The van der Waals surface area contributed by atoms with Crippen LogP contribution in [0.15, 0.2) is 42.5 Å². The Bertz CT molecular complexity index is 783. The van der Waals surface area contributed by atoms with Crippen LogP contribution in [0.2, 0.25) is 0 Å². The predicted molar refractivity (Wildman–Crippen MR) is 93.7 cm³/mol. The largest absolute Gasteiger partial charge is 0.493 e. The number of rotatable bonds is 7. The molecule has 3 aromatic rings. The molecule has 0 spiro atoms. The number of H-pyrrole nitrogens is 1. The Morgan fingerprint density at radius 2 is 2.04 bits per heavy atom. The molecule has 1 aromatic heterocycles. The monoisotopic (exact) mass is 327 g/mol. The van der Waals surface area contributed by atoms with Crippen molar-refractivity contribution in [2.45, 2.75) is 13.0 Å². The van der Waals surface area contributed by atoms with Crippen LogP contribution in [0.3, 0.4) is 0 Å². The average molecular weight is 327 g/mol. The molecule has 1 heterocycles. The first kappa shape index (κ1) is 16.1. The number of nitrogens with one attached hydrogen (secondary N) is 2. The van der Waals surface area contributed by atoms with Gasteiger partial charge in [-0.25, -0.2) is 4.98 Å². The Hall–Kier alpha value is -2.73. The highest BCUT2D eigenvalue weighted by atomic mass is 16.5. The summed E-state index contributed by atoms with van der Waals surface area (Å²) in [6.45, 7) is 2.26. The molecule has 0 amide bonds.